The number of nitrogens with zero attached hydrogens (tertiary/aromatic N) is 4. The summed E-state index contributed by atoms with van der Waals surface area (Å²) in [5.41, 5.74) is -1.28. The molecule has 12 rings (SSSR count). The molecular formula is C77H100BCl3LiN6O14. The van der Waals surface area contributed by atoms with Gasteiger partial charge in [-0.3, -0.25) is 28.8 Å². The number of aryl methyl sites for hydroxylation is 3. The number of pyridine rings is 2. The number of aromatic nitrogens is 2. The molecule has 3 radical (unpaired) electrons. The quantitative estimate of drug-likeness (QED) is 0.0547. The molecular weight excluding hydrogens is 1360 g/mol. The van der Waals surface area contributed by atoms with Gasteiger partial charge in [0.1, 0.15) is 57.1 Å². The number of hydrogen-bond acceptors (Lipinski definition) is 16. The van der Waals surface area contributed by atoms with Crippen molar-refractivity contribution in [3.8, 4) is 11.5 Å². The fraction of sp³-hybridized carbons (Fsp3) is 0.610. The van der Waals surface area contributed by atoms with E-state index in [-0.39, 0.29) is 112 Å². The van der Waals surface area contributed by atoms with Gasteiger partial charge >= 0.3 is 42.7 Å². The molecule has 4 fully saturated rings. The Morgan fingerprint density at radius 3 is 1.55 bits per heavy atom. The minimum atomic E-state index is -1.21. The number of alkyl halides is 1. The summed E-state index contributed by atoms with van der Waals surface area (Å²) in [6.07, 6.45) is 18.3. The van der Waals surface area contributed by atoms with E-state index in [0.29, 0.717) is 83.4 Å². The topological polar surface area (TPSA) is 248 Å². The molecule has 2 N–H and O–H groups in total. The Morgan fingerprint density at radius 1 is 0.627 bits per heavy atom. The number of nitrogens with one attached hydrogen (secondary N) is 2. The van der Waals surface area contributed by atoms with E-state index < -0.39 is 98.5 Å². The standard InChI is InChI=1S/C38H47Cl2N3O7.C38H48ClN3O7.CH4.B.Li.H/c1-6-48-35(47)38-18-24(38)14-11-9-7-8-10-13-23(17-29(44)49-36(3,4)5)34(46)43-21-37(20-28(43)33(45)42-38)19-27(40)30-25-15-12-16-26(39)31(25)41-22(2)32(30)50-37;1-6-47-35(46)38-20-25(38)14-11-9-7-8-10-13-24(19-30(43)48-36(3,4)5)34(45)42-22-37(21-29(42)33(44)41-38)18-17-27-26-15-12-16-28(39)31(26)40-23(2)32(27)49-37;;;;/h11-12,14-16,23-24,27-28H,6-10,13,17-21H2,1-5H3,(H,42,45);11-12,14-16,24-25,29H,6-10,13,17-22H2,1-5H3,(H,41,44);1H4;;;/q;;;;+1;-1/b2*14-11-;;;;/t23-,24-,27?,28+,37-,38-;24-,25-,29+,37-,38-;;;;/m11..../s1. The van der Waals surface area contributed by atoms with Crippen molar-refractivity contribution >= 4 is 113 Å². The van der Waals surface area contributed by atoms with Crippen molar-refractivity contribution in [2.45, 2.75) is 250 Å². The number of rotatable bonds is 8. The Kier molecular flexibility index (Phi) is 26.0. The Balaban J connectivity index is 0.000000278. The van der Waals surface area contributed by atoms with Gasteiger partial charge in [-0.05, 0) is 146 Å². The van der Waals surface area contributed by atoms with Crippen molar-refractivity contribution in [2.75, 3.05) is 26.3 Å². The summed E-state index contributed by atoms with van der Waals surface area (Å²) >= 11 is 20.2. The third-order valence-electron chi connectivity index (χ3n) is 20.6. The average Bonchev–Trinajstić information content (AvgIpc) is 1.68. The predicted molar refractivity (Wildman–Crippen MR) is 389 cm³/mol. The summed E-state index contributed by atoms with van der Waals surface area (Å²) < 4.78 is 35.9. The SMILES string of the molecule is C.CCOC(=O)[C@@]12C[C@H]1/C=C\CCCCC[C@H](CC(=O)OC(C)(C)C)C(=O)N1C[C@@]3(CC(Cl)c4c(c(C)nc5c(Cl)cccc45)O3)C[C@H]1C(=O)N2.CCOC(=O)[C@@]12C[C@H]1/C=C\CCCCC[C@H](CC(=O)OC(C)(C)C)C(=O)N1C[C@@]3(CCc4c(c(C)nc5c(Cl)cccc45)O3)C[C@H]1C(=O)N2.[B].[H-].[Li+]. The Bertz CT molecular complexity index is 3930. The van der Waals surface area contributed by atoms with Crippen LogP contribution in [0.3, 0.4) is 0 Å². The van der Waals surface area contributed by atoms with Crippen LogP contribution in [0.15, 0.2) is 60.7 Å². The van der Waals surface area contributed by atoms with E-state index >= 15 is 0 Å². The Labute approximate surface area is 630 Å². The van der Waals surface area contributed by atoms with Crippen molar-refractivity contribution in [2.24, 2.45) is 23.7 Å². The van der Waals surface area contributed by atoms with E-state index in [1.165, 1.54) is 0 Å². The minimum Gasteiger partial charge on any atom is -1.00 e. The number of fused-ring (bicyclic) bond motifs is 10. The summed E-state index contributed by atoms with van der Waals surface area (Å²) in [5, 5.41) is 8.33. The Hall–Kier alpha value is -6.37. The van der Waals surface area contributed by atoms with Crippen LogP contribution in [0.25, 0.3) is 21.8 Å². The maximum atomic E-state index is 14.7. The maximum absolute atomic E-state index is 14.7. The first-order valence-corrected chi connectivity index (χ1v) is 36.7. The monoisotopic (exact) mass is 1460 g/mol. The molecule has 2 aromatic heterocycles. The molecule has 2 saturated heterocycles. The van der Waals surface area contributed by atoms with Crippen molar-refractivity contribution in [1.29, 1.82) is 0 Å². The van der Waals surface area contributed by atoms with Crippen molar-refractivity contribution < 1.29 is 87.1 Å². The first-order chi connectivity index (χ1) is 46.9. The van der Waals surface area contributed by atoms with E-state index in [2.05, 4.69) is 22.8 Å². The number of esters is 4. The molecule has 8 heterocycles. The molecule has 2 aromatic carbocycles. The number of ether oxygens (including phenoxy) is 6. The van der Waals surface area contributed by atoms with Crippen molar-refractivity contribution in [1.82, 2.24) is 30.4 Å². The van der Waals surface area contributed by atoms with Crippen LogP contribution in [-0.4, -0.2) is 148 Å². The molecule has 2 saturated carbocycles. The number of carbonyl (C=O) groups is 8. The van der Waals surface area contributed by atoms with Crippen LogP contribution in [0.5, 0.6) is 11.5 Å². The second-order valence-corrected chi connectivity index (χ2v) is 31.8. The molecule has 102 heavy (non-hydrogen) atoms. The fourth-order valence-corrected chi connectivity index (χ4v) is 16.6. The van der Waals surface area contributed by atoms with Crippen LogP contribution >= 0.6 is 34.8 Å². The zero-order chi connectivity index (χ0) is 71.1. The van der Waals surface area contributed by atoms with Gasteiger partial charge in [0.25, 0.3) is 0 Å². The van der Waals surface area contributed by atoms with E-state index in [1.807, 2.05) is 56.3 Å². The van der Waals surface area contributed by atoms with Crippen LogP contribution in [0.4, 0.5) is 0 Å². The summed E-state index contributed by atoms with van der Waals surface area (Å²) in [4.78, 5) is 124. The van der Waals surface area contributed by atoms with Crippen LogP contribution in [0.2, 0.25) is 10.0 Å². The minimum absolute atomic E-state index is 0. The van der Waals surface area contributed by atoms with Gasteiger partial charge in [0.15, 0.2) is 0 Å². The molecule has 4 amide bonds. The molecule has 4 aromatic rings. The van der Waals surface area contributed by atoms with Crippen LogP contribution < -0.4 is 39.0 Å². The Morgan fingerprint density at radius 2 is 1.07 bits per heavy atom. The molecule has 0 bridgehead atoms. The van der Waals surface area contributed by atoms with Gasteiger partial charge in [-0.2, -0.15) is 0 Å². The van der Waals surface area contributed by atoms with Crippen LogP contribution in [0.1, 0.15) is 208 Å². The molecule has 25 heteroatoms. The number of allylic oxidation sites excluding steroid dienone is 2. The van der Waals surface area contributed by atoms with Gasteiger partial charge in [0, 0.05) is 73.2 Å². The van der Waals surface area contributed by atoms with Gasteiger partial charge in [-0.1, -0.05) is 105 Å². The van der Waals surface area contributed by atoms with E-state index in [0.717, 1.165) is 78.8 Å². The zero-order valence-electron chi connectivity index (χ0n) is 61.3. The normalized spacial score (nSPS) is 29.1. The molecule has 20 nitrogen and oxygen atoms in total. The van der Waals surface area contributed by atoms with Crippen LogP contribution in [0, 0.1) is 37.5 Å². The second-order valence-electron chi connectivity index (χ2n) is 30.4. The van der Waals surface area contributed by atoms with E-state index in [9.17, 15) is 38.4 Å². The zero-order valence-corrected chi connectivity index (χ0v) is 62.6. The van der Waals surface area contributed by atoms with Gasteiger partial charge in [-0.25, -0.2) is 19.6 Å². The first kappa shape index (κ1) is 81.3. The van der Waals surface area contributed by atoms with Crippen molar-refractivity contribution in [3.63, 3.8) is 0 Å². The molecule has 547 valence electrons. The predicted octanol–water partition coefficient (Wildman–Crippen LogP) is 10.4. The molecule has 6 aliphatic heterocycles. The van der Waals surface area contributed by atoms with Crippen molar-refractivity contribution in [3.05, 3.63) is 93.3 Å². The van der Waals surface area contributed by atoms with Gasteiger partial charge in [0.2, 0.25) is 23.6 Å². The third kappa shape index (κ3) is 17.4. The summed E-state index contributed by atoms with van der Waals surface area (Å²) in [5.74, 6) is -3.96. The second kappa shape index (κ2) is 32.6. The summed E-state index contributed by atoms with van der Waals surface area (Å²) in [6.45, 7) is 18.6. The van der Waals surface area contributed by atoms with Gasteiger partial charge in [-0.15, -0.1) is 11.6 Å². The smallest absolute Gasteiger partial charge is 1.00 e. The van der Waals surface area contributed by atoms with Gasteiger partial charge in [0.05, 0.1) is 77.0 Å². The fourth-order valence-electron chi connectivity index (χ4n) is 15.7. The molecule has 1 unspecified atom stereocenters. The van der Waals surface area contributed by atoms with Gasteiger partial charge < -0.3 is 50.3 Å². The molecule has 2 aliphatic carbocycles. The molecule has 8 aliphatic rings. The largest absolute Gasteiger partial charge is 1.00 e. The molecule has 2 spiro atoms. The number of hydrogen-bond donors (Lipinski definition) is 2. The van der Waals surface area contributed by atoms with Crippen LogP contribution in [-0.2, 0) is 63.7 Å². The summed E-state index contributed by atoms with van der Waals surface area (Å²) in [6, 6.07) is 9.33. The maximum Gasteiger partial charge on any atom is 1.00 e. The van der Waals surface area contributed by atoms with E-state index in [1.54, 1.807) is 71.3 Å². The summed E-state index contributed by atoms with van der Waals surface area (Å²) in [7, 11) is 0. The third-order valence-corrected chi connectivity index (χ3v) is 21.6. The van der Waals surface area contributed by atoms with E-state index in [4.69, 9.17) is 73.2 Å². The molecule has 11 atom stereocenters. The number of amides is 4. The first-order valence-electron chi connectivity index (χ1n) is 35.5. The number of para-hydroxylation sites is 2. The number of halogens is 3. The number of benzene rings is 2. The average molecular weight is 1460 g/mol. The number of carbonyl (C=O) groups excluding carboxylic acids is 8.